The zero-order chi connectivity index (χ0) is 17.3. The Morgan fingerprint density at radius 2 is 1.92 bits per heavy atom. The van der Waals surface area contributed by atoms with E-state index in [1.54, 1.807) is 17.0 Å². The Morgan fingerprint density at radius 1 is 1.29 bits per heavy atom. The highest BCUT2D eigenvalue weighted by atomic mass is 31.0. The lowest BCUT2D eigenvalue weighted by Gasteiger charge is -2.42. The quantitative estimate of drug-likeness (QED) is 0.825. The first-order valence-corrected chi connectivity index (χ1v) is 9.17. The molecule has 1 amide bonds. The average Bonchev–Trinajstić information content (AvgIpc) is 2.84. The highest BCUT2D eigenvalue weighted by Crippen LogP contribution is 2.39. The van der Waals surface area contributed by atoms with Crippen molar-refractivity contribution in [3.63, 3.8) is 0 Å². The lowest BCUT2D eigenvalue weighted by atomic mass is 9.85. The molecule has 5 nitrogen and oxygen atoms in total. The van der Waals surface area contributed by atoms with Crippen molar-refractivity contribution in [2.24, 2.45) is 0 Å². The van der Waals surface area contributed by atoms with E-state index in [2.05, 4.69) is 26.1 Å². The number of piperidine rings is 1. The molecule has 1 aromatic carbocycles. The van der Waals surface area contributed by atoms with Gasteiger partial charge >= 0.3 is 0 Å². The van der Waals surface area contributed by atoms with Crippen LogP contribution in [-0.4, -0.2) is 72.0 Å². The maximum atomic E-state index is 13.3. The fourth-order valence-electron chi connectivity index (χ4n) is 3.67. The summed E-state index contributed by atoms with van der Waals surface area (Å²) in [5, 5.41) is 9.97. The number of carbonyl (C=O) groups is 1. The van der Waals surface area contributed by atoms with E-state index in [1.807, 2.05) is 0 Å². The molecule has 2 fully saturated rings. The highest BCUT2D eigenvalue weighted by molar-refractivity contribution is 7.16. The second-order valence-electron chi connectivity index (χ2n) is 6.80. The summed E-state index contributed by atoms with van der Waals surface area (Å²) < 4.78 is 13.3. The molecule has 2 atom stereocenters. The van der Waals surface area contributed by atoms with Crippen molar-refractivity contribution in [1.29, 1.82) is 0 Å². The Labute approximate surface area is 144 Å². The first-order valence-electron chi connectivity index (χ1n) is 8.35. The van der Waals surface area contributed by atoms with Crippen LogP contribution in [0, 0.1) is 5.82 Å². The van der Waals surface area contributed by atoms with Crippen LogP contribution >= 0.6 is 9.24 Å². The summed E-state index contributed by atoms with van der Waals surface area (Å²) in [6.07, 6.45) is 1.48. The first kappa shape index (κ1) is 17.6. The maximum Gasteiger partial charge on any atom is 0.250 e. The molecule has 3 rings (SSSR count). The summed E-state index contributed by atoms with van der Waals surface area (Å²) in [6, 6.07) is 6.34. The lowest BCUT2D eigenvalue weighted by Crippen LogP contribution is -2.56. The zero-order valence-electron chi connectivity index (χ0n) is 14.0. The number of aliphatic hydroxyl groups excluding tert-OH is 1. The number of anilines is 1. The summed E-state index contributed by atoms with van der Waals surface area (Å²) in [6.45, 7) is 2.47. The van der Waals surface area contributed by atoms with E-state index in [0.717, 1.165) is 31.6 Å². The van der Waals surface area contributed by atoms with Crippen molar-refractivity contribution in [2.75, 3.05) is 44.4 Å². The van der Waals surface area contributed by atoms with Crippen LogP contribution < -0.4 is 4.90 Å². The first-order chi connectivity index (χ1) is 11.5. The van der Waals surface area contributed by atoms with E-state index in [-0.39, 0.29) is 11.7 Å². The zero-order valence-corrected chi connectivity index (χ0v) is 15.1. The van der Waals surface area contributed by atoms with Gasteiger partial charge < -0.3 is 19.8 Å². The number of hydrogen-bond acceptors (Lipinski definition) is 4. The summed E-state index contributed by atoms with van der Waals surface area (Å²) in [5.74, 6) is -0.200. The number of amides is 1. The lowest BCUT2D eigenvalue weighted by molar-refractivity contribution is -0.134. The Kier molecular flexibility index (Phi) is 5.09. The molecule has 1 aromatic rings. The molecule has 0 radical (unpaired) electrons. The van der Waals surface area contributed by atoms with Crippen molar-refractivity contribution in [1.82, 2.24) is 9.80 Å². The minimum atomic E-state index is -0.578. The van der Waals surface area contributed by atoms with Gasteiger partial charge in [0.05, 0.1) is 12.8 Å². The van der Waals surface area contributed by atoms with Crippen LogP contribution in [0.2, 0.25) is 0 Å². The van der Waals surface area contributed by atoms with Gasteiger partial charge in [0.2, 0.25) is 5.91 Å². The van der Waals surface area contributed by atoms with Crippen LogP contribution in [0.3, 0.4) is 0 Å². The predicted octanol–water partition coefficient (Wildman–Crippen LogP) is 1.13. The number of hydrogen-bond donors (Lipinski definition) is 1. The molecule has 2 saturated heterocycles. The molecule has 0 bridgehead atoms. The molecule has 2 unspecified atom stereocenters. The topological polar surface area (TPSA) is 47.0 Å². The Hall–Kier alpha value is -1.23. The molecular weight excluding hydrogens is 328 g/mol. The standard InChI is InChI=1S/C17H25FN3O2P/c1-19-8-6-17(7-9-19)16(23)20(10-15(22)11-24)12-21(17)14-4-2-13(18)3-5-14/h2-5,15,22H,6-12,24H2,1H3. The molecule has 7 heteroatoms. The third kappa shape index (κ3) is 3.15. The fourth-order valence-corrected chi connectivity index (χ4v) is 3.82. The monoisotopic (exact) mass is 353 g/mol. The molecule has 1 spiro atoms. The van der Waals surface area contributed by atoms with E-state index in [0.29, 0.717) is 19.4 Å². The number of aliphatic hydroxyl groups is 1. The van der Waals surface area contributed by atoms with Crippen LogP contribution in [0.15, 0.2) is 24.3 Å². The minimum absolute atomic E-state index is 0.0809. The number of β-amino-alcohol motifs (C(OH)–C–C–N with tert-alkyl or cyclic N) is 1. The molecule has 2 aliphatic rings. The van der Waals surface area contributed by atoms with Crippen LogP contribution in [0.1, 0.15) is 12.8 Å². The predicted molar refractivity (Wildman–Crippen MR) is 95.5 cm³/mol. The van der Waals surface area contributed by atoms with E-state index >= 15 is 0 Å². The van der Waals surface area contributed by atoms with Gasteiger partial charge in [-0.15, -0.1) is 9.24 Å². The summed E-state index contributed by atoms with van der Waals surface area (Å²) in [5.41, 5.74) is 0.280. The normalized spacial score (nSPS) is 22.4. The third-order valence-electron chi connectivity index (χ3n) is 5.17. The summed E-state index contributed by atoms with van der Waals surface area (Å²) in [7, 11) is 4.57. The largest absolute Gasteiger partial charge is 0.391 e. The fraction of sp³-hybridized carbons (Fsp3) is 0.588. The minimum Gasteiger partial charge on any atom is -0.391 e. The number of carbonyl (C=O) groups excluding carboxylic acids is 1. The van der Waals surface area contributed by atoms with E-state index in [4.69, 9.17) is 0 Å². The van der Waals surface area contributed by atoms with Gasteiger partial charge in [0, 0.05) is 25.3 Å². The van der Waals surface area contributed by atoms with Gasteiger partial charge in [0.1, 0.15) is 11.4 Å². The SMILES string of the molecule is CN1CCC2(CC1)C(=O)N(CC(O)CP)CN2c1ccc(F)cc1. The van der Waals surface area contributed by atoms with Crippen LogP contribution in [0.4, 0.5) is 10.1 Å². The van der Waals surface area contributed by atoms with Gasteiger partial charge in [-0.2, -0.15) is 0 Å². The average molecular weight is 353 g/mol. The third-order valence-corrected chi connectivity index (χ3v) is 5.71. The molecule has 0 aromatic heterocycles. The van der Waals surface area contributed by atoms with Crippen molar-refractivity contribution in [3.8, 4) is 0 Å². The highest BCUT2D eigenvalue weighted by Gasteiger charge is 2.53. The summed E-state index contributed by atoms with van der Waals surface area (Å²) in [4.78, 5) is 19.2. The van der Waals surface area contributed by atoms with Gasteiger partial charge in [0.15, 0.2) is 0 Å². The van der Waals surface area contributed by atoms with Crippen LogP contribution in [-0.2, 0) is 4.79 Å². The molecule has 1 N–H and O–H groups in total. The second-order valence-corrected chi connectivity index (χ2v) is 7.27. The van der Waals surface area contributed by atoms with E-state index in [1.165, 1.54) is 12.1 Å². The number of benzene rings is 1. The van der Waals surface area contributed by atoms with Crippen molar-refractivity contribution in [3.05, 3.63) is 30.1 Å². The number of halogens is 1. The van der Waals surface area contributed by atoms with Gasteiger partial charge in [-0.05, 0) is 50.3 Å². The molecule has 0 saturated carbocycles. The van der Waals surface area contributed by atoms with Gasteiger partial charge in [0.25, 0.3) is 0 Å². The summed E-state index contributed by atoms with van der Waals surface area (Å²) >= 11 is 0. The number of likely N-dealkylation sites (tertiary alicyclic amines) is 1. The van der Waals surface area contributed by atoms with Crippen LogP contribution in [0.5, 0.6) is 0 Å². The molecule has 2 heterocycles. The molecule has 132 valence electrons. The van der Waals surface area contributed by atoms with E-state index in [9.17, 15) is 14.3 Å². The Balaban J connectivity index is 1.91. The Morgan fingerprint density at radius 3 is 2.50 bits per heavy atom. The molecule has 24 heavy (non-hydrogen) atoms. The number of rotatable bonds is 4. The smallest absolute Gasteiger partial charge is 0.250 e. The maximum absolute atomic E-state index is 13.3. The van der Waals surface area contributed by atoms with Crippen LogP contribution in [0.25, 0.3) is 0 Å². The van der Waals surface area contributed by atoms with Gasteiger partial charge in [-0.25, -0.2) is 4.39 Å². The molecule has 0 aliphatic carbocycles. The Bertz CT molecular complexity index is 590. The van der Waals surface area contributed by atoms with Gasteiger partial charge in [-0.3, -0.25) is 4.79 Å². The molecular formula is C17H25FN3O2P. The van der Waals surface area contributed by atoms with E-state index < -0.39 is 11.6 Å². The van der Waals surface area contributed by atoms with Crippen molar-refractivity contribution in [2.45, 2.75) is 24.5 Å². The van der Waals surface area contributed by atoms with Gasteiger partial charge in [-0.1, -0.05) is 0 Å². The number of nitrogens with zero attached hydrogens (tertiary/aromatic N) is 3. The van der Waals surface area contributed by atoms with Crippen molar-refractivity contribution < 1.29 is 14.3 Å². The second kappa shape index (κ2) is 6.95. The molecule has 2 aliphatic heterocycles. The van der Waals surface area contributed by atoms with Crippen molar-refractivity contribution >= 4 is 20.8 Å².